The average Bonchev–Trinajstić information content (AvgIpc) is 2.85. The molecule has 0 aromatic carbocycles. The summed E-state index contributed by atoms with van der Waals surface area (Å²) in [4.78, 5) is 11.9. The number of hydrogen-bond acceptors (Lipinski definition) is 4. The minimum atomic E-state index is -1.95. The van der Waals surface area contributed by atoms with Gasteiger partial charge in [0.05, 0.1) is 0 Å². The van der Waals surface area contributed by atoms with Gasteiger partial charge in [0.15, 0.2) is 0 Å². The Balaban J connectivity index is 1.98. The molecule has 2 heterocycles. The van der Waals surface area contributed by atoms with Crippen molar-refractivity contribution in [2.45, 2.75) is 24.9 Å². The van der Waals surface area contributed by atoms with Gasteiger partial charge < -0.3 is 0 Å². The number of thioether (sulfide) groups is 1. The number of hydrogen-bond donors (Lipinski definition) is 0. The van der Waals surface area contributed by atoms with Crippen LogP contribution in [0.3, 0.4) is 0 Å². The number of thiazole rings is 1. The maximum atomic E-state index is 5.30. The topological polar surface area (TPSA) is 26.0 Å². The summed E-state index contributed by atoms with van der Waals surface area (Å²) in [5.74, 6) is 1.89. The van der Waals surface area contributed by atoms with E-state index in [0.29, 0.717) is 0 Å². The molecule has 0 spiro atoms. The summed E-state index contributed by atoms with van der Waals surface area (Å²) in [6, 6.07) is 3.93. The molecule has 0 aliphatic heterocycles. The van der Waals surface area contributed by atoms with Crippen molar-refractivity contribution in [2.75, 3.05) is 0 Å². The van der Waals surface area contributed by atoms with Gasteiger partial charge in [-0.1, -0.05) is 0 Å². The van der Waals surface area contributed by atoms with Crippen molar-refractivity contribution in [1.29, 1.82) is 0 Å². The van der Waals surface area contributed by atoms with Crippen LogP contribution in [0.2, 0.25) is 14.8 Å². The third-order valence-electron chi connectivity index (χ3n) is 2.17. The van der Waals surface area contributed by atoms with Gasteiger partial charge in [0.25, 0.3) is 0 Å². The molecule has 0 radical (unpaired) electrons. The van der Waals surface area contributed by atoms with E-state index in [4.69, 9.17) is 9.40 Å². The average molecular weight is 360 g/mol. The predicted octanol–water partition coefficient (Wildman–Crippen LogP) is 3.57. The Kier molecular flexibility index (Phi) is 4.02. The van der Waals surface area contributed by atoms with Crippen molar-refractivity contribution in [3.05, 3.63) is 29.5 Å². The summed E-state index contributed by atoms with van der Waals surface area (Å²) in [6.45, 7) is 0. The van der Waals surface area contributed by atoms with E-state index < -0.39 is 18.4 Å². The van der Waals surface area contributed by atoms with E-state index in [1.165, 1.54) is 3.71 Å². The molecule has 0 amide bonds. The molecule has 0 aliphatic carbocycles. The molecule has 0 aliphatic rings. The maximum absolute atomic E-state index is 5.30. The van der Waals surface area contributed by atoms with Crippen molar-refractivity contribution < 1.29 is 4.42 Å². The van der Waals surface area contributed by atoms with Crippen molar-refractivity contribution in [1.82, 2.24) is 4.98 Å². The third-order valence-corrected chi connectivity index (χ3v) is 9.93. The SMILES string of the molecule is [CH3][Sn]([CH3])([CH3])[c]1csc(SCc2ccco2)n1. The quantitative estimate of drug-likeness (QED) is 0.616. The van der Waals surface area contributed by atoms with Crippen molar-refractivity contribution in [3.8, 4) is 0 Å². The van der Waals surface area contributed by atoms with E-state index in [2.05, 4.69) is 20.2 Å². The van der Waals surface area contributed by atoms with E-state index in [-0.39, 0.29) is 0 Å². The normalized spacial score (nSPS) is 11.9. The molecular formula is C11H15NOS2Sn. The molecule has 2 rings (SSSR count). The molecular weight excluding hydrogens is 345 g/mol. The zero-order chi connectivity index (χ0) is 11.6. The van der Waals surface area contributed by atoms with Crippen LogP contribution in [0.4, 0.5) is 0 Å². The molecule has 0 unspecified atom stereocenters. The molecule has 0 atom stereocenters. The van der Waals surface area contributed by atoms with E-state index >= 15 is 0 Å². The molecule has 0 N–H and O–H groups in total. The number of rotatable bonds is 4. The van der Waals surface area contributed by atoms with Crippen LogP contribution in [0.5, 0.6) is 0 Å². The van der Waals surface area contributed by atoms with Crippen LogP contribution in [-0.2, 0) is 5.75 Å². The molecule has 86 valence electrons. The Bertz CT molecular complexity index is 445. The van der Waals surface area contributed by atoms with Crippen molar-refractivity contribution in [2.24, 2.45) is 0 Å². The Labute approximate surface area is 108 Å². The first-order chi connectivity index (χ1) is 7.55. The molecule has 16 heavy (non-hydrogen) atoms. The van der Waals surface area contributed by atoms with Crippen LogP contribution < -0.4 is 3.71 Å². The molecule has 2 aromatic heterocycles. The summed E-state index contributed by atoms with van der Waals surface area (Å²) in [5, 5.41) is 2.24. The van der Waals surface area contributed by atoms with Crippen molar-refractivity contribution >= 4 is 45.2 Å². The van der Waals surface area contributed by atoms with E-state index in [1.54, 1.807) is 29.4 Å². The minimum absolute atomic E-state index is 0.875. The fraction of sp³-hybridized carbons (Fsp3) is 0.364. The summed E-state index contributed by atoms with van der Waals surface area (Å²) >= 11 is 1.57. The van der Waals surface area contributed by atoms with Gasteiger partial charge in [-0.25, -0.2) is 0 Å². The van der Waals surface area contributed by atoms with Gasteiger partial charge in [0, 0.05) is 0 Å². The molecule has 5 heteroatoms. The van der Waals surface area contributed by atoms with Crippen LogP contribution in [0.15, 0.2) is 32.5 Å². The standard InChI is InChI=1S/C8H6NOS2.3CH3.Sn/c1-2-7(10-4-1)6-12-8-9-3-5-11-8;;;;/h1-2,4-5H,6H2;3*1H3;. The number of furan rings is 1. The molecule has 0 fully saturated rings. The molecule has 2 aromatic rings. The third kappa shape index (κ3) is 3.27. The monoisotopic (exact) mass is 361 g/mol. The molecule has 0 saturated carbocycles. The second kappa shape index (κ2) is 5.14. The van der Waals surface area contributed by atoms with Crippen LogP contribution in [0, 0.1) is 0 Å². The Hall–Kier alpha value is 0.0587. The van der Waals surface area contributed by atoms with Crippen LogP contribution in [0.25, 0.3) is 0 Å². The summed E-state index contributed by atoms with van der Waals surface area (Å²) in [5.41, 5.74) is 0. The zero-order valence-corrected chi connectivity index (χ0v) is 14.2. The van der Waals surface area contributed by atoms with Gasteiger partial charge >= 0.3 is 109 Å². The van der Waals surface area contributed by atoms with Crippen LogP contribution in [0.1, 0.15) is 5.76 Å². The summed E-state index contributed by atoms with van der Waals surface area (Å²) < 4.78 is 7.84. The van der Waals surface area contributed by atoms with Gasteiger partial charge in [0.2, 0.25) is 0 Å². The van der Waals surface area contributed by atoms with Crippen LogP contribution >= 0.6 is 23.1 Å². The second-order valence-corrected chi connectivity index (χ2v) is 21.0. The second-order valence-electron chi connectivity index (χ2n) is 4.62. The Morgan fingerprint density at radius 2 is 2.25 bits per heavy atom. The van der Waals surface area contributed by atoms with Crippen LogP contribution in [-0.4, -0.2) is 23.4 Å². The van der Waals surface area contributed by atoms with Gasteiger partial charge in [0.1, 0.15) is 0 Å². The fourth-order valence-electron chi connectivity index (χ4n) is 1.20. The molecule has 0 saturated heterocycles. The Morgan fingerprint density at radius 3 is 2.81 bits per heavy atom. The van der Waals surface area contributed by atoms with E-state index in [0.717, 1.165) is 15.9 Å². The van der Waals surface area contributed by atoms with E-state index in [1.807, 2.05) is 12.1 Å². The van der Waals surface area contributed by atoms with Gasteiger partial charge in [-0.3, -0.25) is 0 Å². The first-order valence-corrected chi connectivity index (χ1v) is 17.0. The fourth-order valence-corrected chi connectivity index (χ4v) is 8.42. The van der Waals surface area contributed by atoms with Crippen molar-refractivity contribution in [3.63, 3.8) is 0 Å². The Morgan fingerprint density at radius 1 is 1.44 bits per heavy atom. The number of nitrogens with zero attached hydrogens (tertiary/aromatic N) is 1. The number of aromatic nitrogens is 1. The van der Waals surface area contributed by atoms with E-state index in [9.17, 15) is 0 Å². The van der Waals surface area contributed by atoms with Gasteiger partial charge in [-0.15, -0.1) is 0 Å². The van der Waals surface area contributed by atoms with Gasteiger partial charge in [-0.05, 0) is 0 Å². The first-order valence-electron chi connectivity index (χ1n) is 5.17. The van der Waals surface area contributed by atoms with Gasteiger partial charge in [-0.2, -0.15) is 0 Å². The molecule has 2 nitrogen and oxygen atoms in total. The zero-order valence-electron chi connectivity index (χ0n) is 9.69. The molecule has 0 bridgehead atoms. The summed E-state index contributed by atoms with van der Waals surface area (Å²) in [6.07, 6.45) is 1.72. The predicted molar refractivity (Wildman–Crippen MR) is 73.4 cm³/mol. The first kappa shape index (κ1) is 12.5. The summed E-state index contributed by atoms with van der Waals surface area (Å²) in [7, 11) is 0.